The Hall–Kier alpha value is -2.73. The van der Waals surface area contributed by atoms with Crippen LogP contribution in [0, 0.1) is 5.92 Å². The van der Waals surface area contributed by atoms with Gasteiger partial charge < -0.3 is 23.8 Å². The molecule has 1 heterocycles. The molecule has 2 atom stereocenters. The van der Waals surface area contributed by atoms with Crippen molar-refractivity contribution in [2.24, 2.45) is 5.92 Å². The van der Waals surface area contributed by atoms with E-state index in [-0.39, 0.29) is 11.8 Å². The monoisotopic (exact) mass is 397 g/mol. The summed E-state index contributed by atoms with van der Waals surface area (Å²) in [5.41, 5.74) is 0.319. The Kier molecular flexibility index (Phi) is 5.62. The standard InChI is InChI=1S/C23H27NO5/c1-26-19-8-4-3-7-18(19)23(22(25)24-11-13-28-14-12-24)15-17(23)16-29-21-10-6-5-9-20(21)27-2/h3-10,17H,11-16H2,1-2H3/t17-,23-/m0/s1. The van der Waals surface area contributed by atoms with Gasteiger partial charge >= 0.3 is 0 Å². The summed E-state index contributed by atoms with van der Waals surface area (Å²) < 4.78 is 22.5. The maximum Gasteiger partial charge on any atom is 0.233 e. The number of rotatable bonds is 7. The van der Waals surface area contributed by atoms with Gasteiger partial charge in [0, 0.05) is 24.6 Å². The zero-order valence-corrected chi connectivity index (χ0v) is 16.9. The fraction of sp³-hybridized carbons (Fsp3) is 0.435. The van der Waals surface area contributed by atoms with Gasteiger partial charge in [0.1, 0.15) is 5.75 Å². The number of morpholine rings is 1. The molecule has 2 fully saturated rings. The summed E-state index contributed by atoms with van der Waals surface area (Å²) in [4.78, 5) is 15.5. The highest BCUT2D eigenvalue weighted by Gasteiger charge is 2.63. The van der Waals surface area contributed by atoms with E-state index in [1.165, 1.54) is 0 Å². The van der Waals surface area contributed by atoms with Gasteiger partial charge in [-0.15, -0.1) is 0 Å². The molecule has 0 bridgehead atoms. The lowest BCUT2D eigenvalue weighted by Crippen LogP contribution is -2.46. The highest BCUT2D eigenvalue weighted by Crippen LogP contribution is 2.58. The summed E-state index contributed by atoms with van der Waals surface area (Å²) in [5, 5.41) is 0. The molecule has 1 aliphatic carbocycles. The number of benzene rings is 2. The van der Waals surface area contributed by atoms with E-state index in [1.807, 2.05) is 53.4 Å². The molecule has 0 aromatic heterocycles. The maximum atomic E-state index is 13.6. The predicted octanol–water partition coefficient (Wildman–Crippen LogP) is 2.90. The van der Waals surface area contributed by atoms with Crippen molar-refractivity contribution in [2.75, 3.05) is 47.1 Å². The molecule has 2 aliphatic rings. The molecule has 6 nitrogen and oxygen atoms in total. The maximum absolute atomic E-state index is 13.6. The van der Waals surface area contributed by atoms with Gasteiger partial charge in [0.05, 0.1) is 39.5 Å². The first-order valence-corrected chi connectivity index (χ1v) is 9.97. The second kappa shape index (κ2) is 8.33. The Bertz CT molecular complexity index is 864. The lowest BCUT2D eigenvalue weighted by Gasteiger charge is -2.32. The summed E-state index contributed by atoms with van der Waals surface area (Å²) in [6.07, 6.45) is 0.735. The topological polar surface area (TPSA) is 57.2 Å². The van der Waals surface area contributed by atoms with E-state index in [0.717, 1.165) is 17.7 Å². The lowest BCUT2D eigenvalue weighted by atomic mass is 9.90. The van der Waals surface area contributed by atoms with Crippen LogP contribution in [0.2, 0.25) is 0 Å². The molecule has 6 heteroatoms. The molecule has 154 valence electrons. The van der Waals surface area contributed by atoms with E-state index in [2.05, 4.69) is 0 Å². The molecular formula is C23H27NO5. The Morgan fingerprint density at radius 3 is 2.31 bits per heavy atom. The van der Waals surface area contributed by atoms with Crippen molar-refractivity contribution >= 4 is 5.91 Å². The molecule has 1 saturated heterocycles. The van der Waals surface area contributed by atoms with Crippen molar-refractivity contribution in [2.45, 2.75) is 11.8 Å². The molecule has 0 N–H and O–H groups in total. The van der Waals surface area contributed by atoms with Crippen LogP contribution in [-0.2, 0) is 14.9 Å². The number of nitrogens with zero attached hydrogens (tertiary/aromatic N) is 1. The third kappa shape index (κ3) is 3.65. The number of amides is 1. The van der Waals surface area contributed by atoms with Gasteiger partial charge in [-0.1, -0.05) is 30.3 Å². The Morgan fingerprint density at radius 2 is 1.62 bits per heavy atom. The molecule has 0 spiro atoms. The third-order valence-corrected chi connectivity index (χ3v) is 5.88. The smallest absolute Gasteiger partial charge is 0.233 e. The second-order valence-electron chi connectivity index (χ2n) is 7.44. The van der Waals surface area contributed by atoms with Crippen LogP contribution in [0.15, 0.2) is 48.5 Å². The number of carbonyl (C=O) groups excluding carboxylic acids is 1. The molecule has 1 amide bonds. The lowest BCUT2D eigenvalue weighted by molar-refractivity contribution is -0.138. The van der Waals surface area contributed by atoms with Gasteiger partial charge in [0.2, 0.25) is 5.91 Å². The van der Waals surface area contributed by atoms with Crippen LogP contribution in [0.5, 0.6) is 17.2 Å². The molecule has 2 aromatic rings. The first kappa shape index (κ1) is 19.6. The summed E-state index contributed by atoms with van der Waals surface area (Å²) in [6.45, 7) is 2.84. The first-order valence-electron chi connectivity index (χ1n) is 9.97. The molecule has 1 aliphatic heterocycles. The minimum atomic E-state index is -0.619. The number of methoxy groups -OCH3 is 2. The molecule has 0 radical (unpaired) electrons. The van der Waals surface area contributed by atoms with Crippen molar-refractivity contribution in [3.8, 4) is 17.2 Å². The average molecular weight is 397 g/mol. The van der Waals surface area contributed by atoms with E-state index >= 15 is 0 Å². The van der Waals surface area contributed by atoms with Crippen molar-refractivity contribution in [3.05, 3.63) is 54.1 Å². The van der Waals surface area contributed by atoms with Crippen LogP contribution in [0.4, 0.5) is 0 Å². The van der Waals surface area contributed by atoms with Gasteiger partial charge in [-0.05, 0) is 24.6 Å². The molecular weight excluding hydrogens is 370 g/mol. The normalized spacial score (nSPS) is 23.4. The predicted molar refractivity (Wildman–Crippen MR) is 109 cm³/mol. The summed E-state index contributed by atoms with van der Waals surface area (Å²) in [6, 6.07) is 15.4. The molecule has 2 aromatic carbocycles. The van der Waals surface area contributed by atoms with Crippen LogP contribution in [0.1, 0.15) is 12.0 Å². The van der Waals surface area contributed by atoms with Crippen LogP contribution >= 0.6 is 0 Å². The first-order chi connectivity index (χ1) is 14.2. The highest BCUT2D eigenvalue weighted by atomic mass is 16.5. The van der Waals surface area contributed by atoms with Gasteiger partial charge in [0.25, 0.3) is 0 Å². The SMILES string of the molecule is COc1ccccc1OC[C@@H]1C[C@@]1(C(=O)N1CCOCC1)c1ccccc1OC. The van der Waals surface area contributed by atoms with Gasteiger partial charge in [0.15, 0.2) is 11.5 Å². The van der Waals surface area contributed by atoms with Gasteiger partial charge in [-0.3, -0.25) is 4.79 Å². The van der Waals surface area contributed by atoms with Crippen molar-refractivity contribution < 1.29 is 23.7 Å². The number of para-hydroxylation sites is 3. The number of carbonyl (C=O) groups is 1. The number of hydrogen-bond acceptors (Lipinski definition) is 5. The number of hydrogen-bond donors (Lipinski definition) is 0. The van der Waals surface area contributed by atoms with E-state index in [0.29, 0.717) is 44.4 Å². The van der Waals surface area contributed by atoms with Crippen molar-refractivity contribution in [1.82, 2.24) is 4.90 Å². The zero-order valence-electron chi connectivity index (χ0n) is 16.9. The van der Waals surface area contributed by atoms with Crippen LogP contribution in [0.25, 0.3) is 0 Å². The number of ether oxygens (including phenoxy) is 4. The van der Waals surface area contributed by atoms with E-state index < -0.39 is 5.41 Å². The fourth-order valence-electron chi connectivity index (χ4n) is 4.23. The molecule has 4 rings (SSSR count). The van der Waals surface area contributed by atoms with E-state index in [4.69, 9.17) is 18.9 Å². The fourth-order valence-corrected chi connectivity index (χ4v) is 4.23. The van der Waals surface area contributed by atoms with Crippen LogP contribution in [-0.4, -0.2) is 57.9 Å². The van der Waals surface area contributed by atoms with E-state index in [1.54, 1.807) is 14.2 Å². The quantitative estimate of drug-likeness (QED) is 0.719. The van der Waals surface area contributed by atoms with Crippen molar-refractivity contribution in [3.63, 3.8) is 0 Å². The van der Waals surface area contributed by atoms with Gasteiger partial charge in [-0.25, -0.2) is 0 Å². The Balaban J connectivity index is 1.60. The average Bonchev–Trinajstić information content (AvgIpc) is 3.53. The molecule has 1 saturated carbocycles. The summed E-state index contributed by atoms with van der Waals surface area (Å²) in [7, 11) is 3.27. The minimum Gasteiger partial charge on any atom is -0.496 e. The second-order valence-corrected chi connectivity index (χ2v) is 7.44. The largest absolute Gasteiger partial charge is 0.496 e. The van der Waals surface area contributed by atoms with Gasteiger partial charge in [-0.2, -0.15) is 0 Å². The summed E-state index contributed by atoms with van der Waals surface area (Å²) >= 11 is 0. The van der Waals surface area contributed by atoms with Crippen molar-refractivity contribution in [1.29, 1.82) is 0 Å². The third-order valence-electron chi connectivity index (χ3n) is 5.88. The van der Waals surface area contributed by atoms with E-state index in [9.17, 15) is 4.79 Å². The Labute approximate surface area is 171 Å². The molecule has 29 heavy (non-hydrogen) atoms. The molecule has 0 unspecified atom stereocenters. The van der Waals surface area contributed by atoms with Crippen LogP contribution in [0.3, 0.4) is 0 Å². The summed E-state index contributed by atoms with van der Waals surface area (Å²) in [5.74, 6) is 2.33. The Morgan fingerprint density at radius 1 is 1.00 bits per heavy atom. The minimum absolute atomic E-state index is 0.0686. The van der Waals surface area contributed by atoms with Crippen LogP contribution < -0.4 is 14.2 Å². The zero-order chi connectivity index (χ0) is 20.3. The highest BCUT2D eigenvalue weighted by molar-refractivity contribution is 5.93.